The molecule has 3 aromatic carbocycles. The van der Waals surface area contributed by atoms with Crippen LogP contribution in [0.3, 0.4) is 0 Å². The third kappa shape index (κ3) is 2.44. The molecule has 0 aliphatic rings. The summed E-state index contributed by atoms with van der Waals surface area (Å²) in [5.74, 6) is 1.70. The average molecular weight is 336 g/mol. The molecule has 2 heteroatoms. The summed E-state index contributed by atoms with van der Waals surface area (Å²) < 4.78 is 11.1. The number of fused-ring (bicyclic) bond motifs is 2. The van der Waals surface area contributed by atoms with E-state index < -0.39 is 0 Å². The molecule has 0 aliphatic carbocycles. The summed E-state index contributed by atoms with van der Waals surface area (Å²) in [6.45, 7) is 0. The van der Waals surface area contributed by atoms with Crippen molar-refractivity contribution >= 4 is 33.7 Å². The monoisotopic (exact) mass is 336 g/mol. The second-order valence-electron chi connectivity index (χ2n) is 6.24. The Labute approximate surface area is 150 Å². The van der Waals surface area contributed by atoms with Crippen molar-refractivity contribution in [1.29, 1.82) is 0 Å². The van der Waals surface area contributed by atoms with Gasteiger partial charge in [-0.25, -0.2) is 0 Å². The Bertz CT molecular complexity index is 1140. The Morgan fingerprint density at radius 1 is 0.462 bits per heavy atom. The zero-order valence-electron chi connectivity index (χ0n) is 14.1. The van der Waals surface area contributed by atoms with Gasteiger partial charge < -0.3 is 8.83 Å². The lowest BCUT2D eigenvalue weighted by Crippen LogP contribution is -2.15. The van der Waals surface area contributed by atoms with Crippen molar-refractivity contribution < 1.29 is 8.83 Å². The van der Waals surface area contributed by atoms with Crippen molar-refractivity contribution in [3.63, 3.8) is 0 Å². The van der Waals surface area contributed by atoms with Gasteiger partial charge in [0.05, 0.1) is 12.5 Å². The SMILES string of the molecule is C(c1ccco1)=c1c2ccccc2c(=Cc2ccco2)c2ccccc12. The molecule has 0 saturated heterocycles. The molecule has 124 valence electrons. The fourth-order valence-electron chi connectivity index (χ4n) is 3.54. The molecule has 5 rings (SSSR count). The topological polar surface area (TPSA) is 26.3 Å². The van der Waals surface area contributed by atoms with Gasteiger partial charge in [-0.3, -0.25) is 0 Å². The van der Waals surface area contributed by atoms with Crippen LogP contribution in [-0.4, -0.2) is 0 Å². The van der Waals surface area contributed by atoms with Gasteiger partial charge in [-0.2, -0.15) is 0 Å². The van der Waals surface area contributed by atoms with Gasteiger partial charge in [-0.15, -0.1) is 0 Å². The fourth-order valence-corrected chi connectivity index (χ4v) is 3.54. The predicted molar refractivity (Wildman–Crippen MR) is 105 cm³/mol. The van der Waals surface area contributed by atoms with Gasteiger partial charge in [0.25, 0.3) is 0 Å². The second-order valence-corrected chi connectivity index (χ2v) is 6.24. The Balaban J connectivity index is 2.02. The van der Waals surface area contributed by atoms with Crippen molar-refractivity contribution in [2.75, 3.05) is 0 Å². The standard InChI is InChI=1S/C24H16O2/c1-2-10-20-19(9-1)23(15-17-7-5-13-25-17)21-11-3-4-12-22(21)24(20)16-18-8-6-14-26-18/h1-16H. The Morgan fingerprint density at radius 3 is 1.15 bits per heavy atom. The first-order chi connectivity index (χ1) is 12.9. The van der Waals surface area contributed by atoms with Crippen LogP contribution in [0, 0.1) is 0 Å². The smallest absolute Gasteiger partial charge is 0.127 e. The largest absolute Gasteiger partial charge is 0.465 e. The van der Waals surface area contributed by atoms with E-state index in [1.807, 2.05) is 24.3 Å². The lowest BCUT2D eigenvalue weighted by atomic mass is 9.96. The lowest BCUT2D eigenvalue weighted by molar-refractivity contribution is 0.556. The molecule has 5 aromatic rings. The van der Waals surface area contributed by atoms with Gasteiger partial charge in [0.15, 0.2) is 0 Å². The minimum Gasteiger partial charge on any atom is -0.465 e. The average Bonchev–Trinajstić information content (AvgIpc) is 3.38. The maximum Gasteiger partial charge on any atom is 0.127 e. The minimum absolute atomic E-state index is 0.850. The first-order valence-electron chi connectivity index (χ1n) is 8.60. The molecule has 0 bridgehead atoms. The van der Waals surface area contributed by atoms with Crippen LogP contribution < -0.4 is 10.4 Å². The van der Waals surface area contributed by atoms with Crippen molar-refractivity contribution in [1.82, 2.24) is 0 Å². The second kappa shape index (κ2) is 6.08. The van der Waals surface area contributed by atoms with Crippen LogP contribution in [0.4, 0.5) is 0 Å². The third-order valence-corrected chi connectivity index (χ3v) is 4.67. The van der Waals surface area contributed by atoms with Gasteiger partial charge in [-0.1, -0.05) is 48.5 Å². The Morgan fingerprint density at radius 2 is 0.846 bits per heavy atom. The molecule has 0 aliphatic heterocycles. The molecule has 0 fully saturated rings. The molecular formula is C24H16O2. The van der Waals surface area contributed by atoms with E-state index in [0.29, 0.717) is 0 Å². The fraction of sp³-hybridized carbons (Fsp3) is 0. The lowest BCUT2D eigenvalue weighted by Gasteiger charge is -2.07. The molecule has 2 aromatic heterocycles. The van der Waals surface area contributed by atoms with Crippen molar-refractivity contribution in [3.8, 4) is 0 Å². The predicted octanol–water partition coefficient (Wildman–Crippen LogP) is 4.84. The van der Waals surface area contributed by atoms with Crippen LogP contribution in [0.15, 0.2) is 94.2 Å². The quantitative estimate of drug-likeness (QED) is 0.431. The summed E-state index contributed by atoms with van der Waals surface area (Å²) in [5.41, 5.74) is 0. The van der Waals surface area contributed by atoms with E-state index in [1.165, 1.54) is 32.0 Å². The van der Waals surface area contributed by atoms with Crippen LogP contribution in [0.1, 0.15) is 11.5 Å². The number of hydrogen-bond donors (Lipinski definition) is 0. The van der Waals surface area contributed by atoms with Crippen LogP contribution in [0.25, 0.3) is 33.7 Å². The molecule has 2 nitrogen and oxygen atoms in total. The molecule has 26 heavy (non-hydrogen) atoms. The van der Waals surface area contributed by atoms with Gasteiger partial charge in [0.2, 0.25) is 0 Å². The molecule has 0 saturated carbocycles. The first-order valence-corrected chi connectivity index (χ1v) is 8.60. The Kier molecular flexibility index (Phi) is 3.46. The molecule has 2 heterocycles. The maximum atomic E-state index is 5.57. The number of rotatable bonds is 2. The van der Waals surface area contributed by atoms with E-state index in [-0.39, 0.29) is 0 Å². The van der Waals surface area contributed by atoms with E-state index in [0.717, 1.165) is 11.5 Å². The molecule has 0 radical (unpaired) electrons. The first kappa shape index (κ1) is 14.8. The van der Waals surface area contributed by atoms with Crippen molar-refractivity contribution in [2.24, 2.45) is 0 Å². The highest BCUT2D eigenvalue weighted by molar-refractivity contribution is 6.01. The highest BCUT2D eigenvalue weighted by atomic mass is 16.3. The van der Waals surface area contributed by atoms with Crippen molar-refractivity contribution in [2.45, 2.75) is 0 Å². The highest BCUT2D eigenvalue weighted by Gasteiger charge is 2.06. The molecule has 0 unspecified atom stereocenters. The minimum atomic E-state index is 0.850. The van der Waals surface area contributed by atoms with Crippen LogP contribution in [-0.2, 0) is 0 Å². The zero-order chi connectivity index (χ0) is 17.3. The molecular weight excluding hydrogens is 320 g/mol. The zero-order valence-corrected chi connectivity index (χ0v) is 14.1. The third-order valence-electron chi connectivity index (χ3n) is 4.67. The van der Waals surface area contributed by atoms with E-state index in [4.69, 9.17) is 8.83 Å². The van der Waals surface area contributed by atoms with Crippen molar-refractivity contribution in [3.05, 3.63) is 107 Å². The van der Waals surface area contributed by atoms with E-state index >= 15 is 0 Å². The van der Waals surface area contributed by atoms with Gasteiger partial charge in [-0.05, 0) is 68.4 Å². The summed E-state index contributed by atoms with van der Waals surface area (Å²) >= 11 is 0. The number of benzene rings is 3. The highest BCUT2D eigenvalue weighted by Crippen LogP contribution is 2.16. The summed E-state index contributed by atoms with van der Waals surface area (Å²) in [4.78, 5) is 0. The number of furan rings is 2. The van der Waals surface area contributed by atoms with E-state index in [2.05, 4.69) is 60.7 Å². The molecule has 0 N–H and O–H groups in total. The van der Waals surface area contributed by atoms with Gasteiger partial charge >= 0.3 is 0 Å². The number of hydrogen-bond acceptors (Lipinski definition) is 2. The van der Waals surface area contributed by atoms with Crippen LogP contribution in [0.5, 0.6) is 0 Å². The molecule has 0 amide bonds. The maximum absolute atomic E-state index is 5.57. The summed E-state index contributed by atoms with van der Waals surface area (Å²) in [5, 5.41) is 7.12. The summed E-state index contributed by atoms with van der Waals surface area (Å²) in [6, 6.07) is 24.7. The molecule has 0 spiro atoms. The van der Waals surface area contributed by atoms with Gasteiger partial charge in [0, 0.05) is 0 Å². The van der Waals surface area contributed by atoms with E-state index in [9.17, 15) is 0 Å². The van der Waals surface area contributed by atoms with Gasteiger partial charge in [0.1, 0.15) is 11.5 Å². The normalized spacial score (nSPS) is 11.1. The summed E-state index contributed by atoms with van der Waals surface area (Å²) in [7, 11) is 0. The van der Waals surface area contributed by atoms with Crippen LogP contribution >= 0.6 is 0 Å². The molecule has 0 atom stereocenters. The Hall–Kier alpha value is -3.52. The summed E-state index contributed by atoms with van der Waals surface area (Å²) in [6.07, 6.45) is 7.63. The van der Waals surface area contributed by atoms with Crippen LogP contribution in [0.2, 0.25) is 0 Å². The van der Waals surface area contributed by atoms with E-state index in [1.54, 1.807) is 12.5 Å².